The molecular weight excluding hydrogens is 337 g/mol. The topological polar surface area (TPSA) is 67.4 Å². The van der Waals surface area contributed by atoms with E-state index in [1.165, 1.54) is 12.4 Å². The second-order valence-electron chi connectivity index (χ2n) is 5.04. The fourth-order valence-corrected chi connectivity index (χ4v) is 2.06. The van der Waals surface area contributed by atoms with Gasteiger partial charge < -0.3 is 15.4 Å². The molecule has 0 fully saturated rings. The maximum Gasteiger partial charge on any atom is 0.420 e. The van der Waals surface area contributed by atoms with Crippen molar-refractivity contribution < 1.29 is 27.5 Å². The van der Waals surface area contributed by atoms with Gasteiger partial charge in [0.1, 0.15) is 5.75 Å². The van der Waals surface area contributed by atoms with Gasteiger partial charge in [-0.3, -0.25) is 4.79 Å². The lowest BCUT2D eigenvalue weighted by Crippen LogP contribution is -2.20. The van der Waals surface area contributed by atoms with E-state index in [0.29, 0.717) is 5.69 Å². The Kier molecular flexibility index (Phi) is 5.63. The first-order valence-electron chi connectivity index (χ1n) is 7.14. The molecule has 0 aliphatic carbocycles. The third kappa shape index (κ3) is 4.97. The van der Waals surface area contributed by atoms with E-state index in [0.717, 1.165) is 17.7 Å². The molecule has 0 aliphatic heterocycles. The zero-order valence-corrected chi connectivity index (χ0v) is 13.1. The Morgan fingerprint density at radius 1 is 1.16 bits per heavy atom. The Balaban J connectivity index is 2.17. The van der Waals surface area contributed by atoms with Crippen LogP contribution in [0.25, 0.3) is 0 Å². The molecule has 0 atom stereocenters. The molecule has 0 aromatic heterocycles. The van der Waals surface area contributed by atoms with Crippen molar-refractivity contribution >= 4 is 23.7 Å². The minimum atomic E-state index is -4.71. The second-order valence-corrected chi connectivity index (χ2v) is 5.04. The van der Waals surface area contributed by atoms with Crippen LogP contribution in [-0.2, 0) is 11.0 Å². The smallest absolute Gasteiger partial charge is 0.420 e. The number of hydrogen-bond acceptors (Lipinski definition) is 3. The average Bonchev–Trinajstić information content (AvgIpc) is 2.55. The van der Waals surface area contributed by atoms with Gasteiger partial charge in [0.25, 0.3) is 0 Å². The molecule has 0 aliphatic rings. The summed E-state index contributed by atoms with van der Waals surface area (Å²) in [6.07, 6.45) is -3.35. The molecule has 0 spiro atoms. The minimum absolute atomic E-state index is 0.0687. The van der Waals surface area contributed by atoms with Crippen LogP contribution in [0.4, 0.5) is 29.3 Å². The number of para-hydroxylation sites is 1. The number of anilines is 2. The van der Waals surface area contributed by atoms with Crippen molar-refractivity contribution in [3.8, 4) is 5.75 Å². The van der Waals surface area contributed by atoms with Gasteiger partial charge in [-0.1, -0.05) is 18.2 Å². The highest BCUT2D eigenvalue weighted by molar-refractivity contribution is 6.00. The normalized spacial score (nSPS) is 10.9. The first-order chi connectivity index (χ1) is 11.8. The number of amides is 2. The van der Waals surface area contributed by atoms with Crippen LogP contribution in [0.3, 0.4) is 0 Å². The molecule has 0 unspecified atom stereocenters. The summed E-state index contributed by atoms with van der Waals surface area (Å²) >= 11 is 0. The number of halogens is 3. The van der Waals surface area contributed by atoms with E-state index in [1.54, 1.807) is 31.2 Å². The second kappa shape index (κ2) is 7.69. The van der Waals surface area contributed by atoms with Gasteiger partial charge in [0.05, 0.1) is 5.56 Å². The Hall–Kier alpha value is -3.03. The van der Waals surface area contributed by atoms with Crippen molar-refractivity contribution in [1.82, 2.24) is 0 Å². The molecule has 2 amide bonds. The number of urea groups is 1. The highest BCUT2D eigenvalue weighted by Gasteiger charge is 2.35. The van der Waals surface area contributed by atoms with Crippen LogP contribution in [-0.4, -0.2) is 18.9 Å². The van der Waals surface area contributed by atoms with Crippen molar-refractivity contribution in [2.45, 2.75) is 13.1 Å². The zero-order valence-electron chi connectivity index (χ0n) is 13.1. The number of carbonyl (C=O) groups excluding carboxylic acids is 2. The highest BCUT2D eigenvalue weighted by Crippen LogP contribution is 2.37. The molecule has 2 aromatic carbocycles. The zero-order chi connectivity index (χ0) is 18.4. The van der Waals surface area contributed by atoms with Crippen LogP contribution in [0, 0.1) is 6.92 Å². The maximum absolute atomic E-state index is 13.1. The van der Waals surface area contributed by atoms with E-state index >= 15 is 0 Å². The quantitative estimate of drug-likeness (QED) is 0.850. The summed E-state index contributed by atoms with van der Waals surface area (Å²) < 4.78 is 44.0. The molecular formula is C17H14F3N2O3. The predicted octanol–water partition coefficient (Wildman–Crippen LogP) is 4.15. The number of nitrogens with one attached hydrogen (secondary N) is 2. The standard InChI is InChI=1S/C17H14F3N2O3/c1-11-4-2-3-5-14(11)22-16(24)21-12-6-7-15(25-9-8-23)13(10-12)17(18,19)20/h2-7,10H,9H2,1H3,(H2,21,22,24). The number of carbonyl (C=O) groups is 1. The van der Waals surface area contributed by atoms with E-state index in [4.69, 9.17) is 4.74 Å². The molecule has 25 heavy (non-hydrogen) atoms. The van der Waals surface area contributed by atoms with Gasteiger partial charge in [0.15, 0.2) is 6.61 Å². The molecule has 2 aromatic rings. The first kappa shape index (κ1) is 18.3. The summed E-state index contributed by atoms with van der Waals surface area (Å²) in [6.45, 7) is 1.16. The van der Waals surface area contributed by atoms with E-state index in [1.807, 2.05) is 0 Å². The minimum Gasteiger partial charge on any atom is -0.485 e. The van der Waals surface area contributed by atoms with Crippen LogP contribution in [0.1, 0.15) is 11.1 Å². The van der Waals surface area contributed by atoms with E-state index < -0.39 is 30.1 Å². The maximum atomic E-state index is 13.1. The monoisotopic (exact) mass is 351 g/mol. The SMILES string of the molecule is Cc1ccccc1NC(=O)Nc1ccc(OC[C]=O)c(C(F)(F)F)c1. The number of ether oxygens (including phenoxy) is 1. The number of alkyl halides is 3. The van der Waals surface area contributed by atoms with Gasteiger partial charge in [-0.05, 0) is 36.8 Å². The highest BCUT2D eigenvalue weighted by atomic mass is 19.4. The number of rotatable bonds is 5. The fraction of sp³-hybridized carbons (Fsp3) is 0.176. The molecule has 0 saturated heterocycles. The number of hydrogen-bond donors (Lipinski definition) is 2. The summed E-state index contributed by atoms with van der Waals surface area (Å²) in [6, 6.07) is 9.30. The van der Waals surface area contributed by atoms with Crippen LogP contribution >= 0.6 is 0 Å². The van der Waals surface area contributed by atoms with Gasteiger partial charge in [-0.15, -0.1) is 0 Å². The van der Waals surface area contributed by atoms with E-state index in [2.05, 4.69) is 10.6 Å². The summed E-state index contributed by atoms with van der Waals surface area (Å²) in [5.74, 6) is -0.513. The van der Waals surface area contributed by atoms with Gasteiger partial charge in [-0.2, -0.15) is 13.2 Å². The first-order valence-corrected chi connectivity index (χ1v) is 7.14. The molecule has 2 rings (SSSR count). The van der Waals surface area contributed by atoms with Crippen LogP contribution < -0.4 is 15.4 Å². The van der Waals surface area contributed by atoms with Crippen molar-refractivity contribution in [3.05, 3.63) is 53.6 Å². The summed E-state index contributed by atoms with van der Waals surface area (Å²) in [7, 11) is 0. The van der Waals surface area contributed by atoms with Crippen molar-refractivity contribution in [2.75, 3.05) is 17.2 Å². The molecule has 5 nitrogen and oxygen atoms in total. The lowest BCUT2D eigenvalue weighted by Gasteiger charge is -2.15. The molecule has 0 bridgehead atoms. The van der Waals surface area contributed by atoms with Crippen molar-refractivity contribution in [3.63, 3.8) is 0 Å². The largest absolute Gasteiger partial charge is 0.485 e. The Morgan fingerprint density at radius 2 is 1.88 bits per heavy atom. The Morgan fingerprint density at radius 3 is 2.52 bits per heavy atom. The lowest BCUT2D eigenvalue weighted by atomic mass is 10.1. The molecule has 1 radical (unpaired) electrons. The molecule has 131 valence electrons. The van der Waals surface area contributed by atoms with Gasteiger partial charge >= 0.3 is 12.2 Å². The average molecular weight is 351 g/mol. The van der Waals surface area contributed by atoms with Crippen LogP contribution in [0.2, 0.25) is 0 Å². The van der Waals surface area contributed by atoms with Crippen molar-refractivity contribution in [1.29, 1.82) is 0 Å². The van der Waals surface area contributed by atoms with Gasteiger partial charge in [0, 0.05) is 11.4 Å². The van der Waals surface area contributed by atoms with Crippen LogP contribution in [0.15, 0.2) is 42.5 Å². The fourth-order valence-electron chi connectivity index (χ4n) is 2.06. The van der Waals surface area contributed by atoms with E-state index in [-0.39, 0.29) is 5.69 Å². The number of aryl methyl sites for hydroxylation is 1. The van der Waals surface area contributed by atoms with E-state index in [9.17, 15) is 22.8 Å². The predicted molar refractivity (Wildman–Crippen MR) is 86.5 cm³/mol. The summed E-state index contributed by atoms with van der Waals surface area (Å²) in [5, 5.41) is 4.88. The van der Waals surface area contributed by atoms with Gasteiger partial charge in [0.2, 0.25) is 6.29 Å². The van der Waals surface area contributed by atoms with Crippen LogP contribution in [0.5, 0.6) is 5.75 Å². The molecule has 8 heteroatoms. The van der Waals surface area contributed by atoms with Gasteiger partial charge in [-0.25, -0.2) is 4.79 Å². The molecule has 0 saturated carbocycles. The summed E-state index contributed by atoms with van der Waals surface area (Å²) in [4.78, 5) is 22.1. The Bertz CT molecular complexity index is 776. The lowest BCUT2D eigenvalue weighted by molar-refractivity contribution is -0.138. The molecule has 2 N–H and O–H groups in total. The number of benzene rings is 2. The third-order valence-corrected chi connectivity index (χ3v) is 3.22. The summed E-state index contributed by atoms with van der Waals surface area (Å²) in [5.41, 5.74) is 0.178. The Labute approximate surface area is 141 Å². The third-order valence-electron chi connectivity index (χ3n) is 3.22. The molecule has 0 heterocycles. The van der Waals surface area contributed by atoms with Crippen molar-refractivity contribution in [2.24, 2.45) is 0 Å².